The summed E-state index contributed by atoms with van der Waals surface area (Å²) in [6.07, 6.45) is 0. The van der Waals surface area contributed by atoms with Gasteiger partial charge in [0.2, 0.25) is 0 Å². The first-order valence-electron chi connectivity index (χ1n) is 5.45. The Morgan fingerprint density at radius 3 is 2.31 bits per heavy atom. The van der Waals surface area contributed by atoms with Crippen molar-refractivity contribution in [1.29, 1.82) is 0 Å². The van der Waals surface area contributed by atoms with Crippen LogP contribution in [0.2, 0.25) is 0 Å². The van der Waals surface area contributed by atoms with Gasteiger partial charge >= 0.3 is 6.03 Å². The Bertz CT molecular complexity index is 376. The van der Waals surface area contributed by atoms with E-state index in [0.29, 0.717) is 19.6 Å². The summed E-state index contributed by atoms with van der Waals surface area (Å²) >= 11 is 0. The van der Waals surface area contributed by atoms with Gasteiger partial charge in [0.25, 0.3) is 0 Å². The molecule has 86 valence electrons. The molecule has 1 aliphatic heterocycles. The van der Waals surface area contributed by atoms with Crippen molar-refractivity contribution >= 4 is 6.03 Å². The van der Waals surface area contributed by atoms with Crippen LogP contribution in [-0.2, 0) is 12.0 Å². The molecule has 0 bridgehead atoms. The van der Waals surface area contributed by atoms with E-state index < -0.39 is 0 Å². The van der Waals surface area contributed by atoms with Crippen LogP contribution in [-0.4, -0.2) is 19.1 Å². The van der Waals surface area contributed by atoms with Gasteiger partial charge in [0.1, 0.15) is 0 Å². The Morgan fingerprint density at radius 2 is 1.81 bits per heavy atom. The van der Waals surface area contributed by atoms with E-state index in [1.807, 2.05) is 12.1 Å². The van der Waals surface area contributed by atoms with Crippen molar-refractivity contribution in [3.8, 4) is 0 Å². The molecule has 4 N–H and O–H groups in total. The van der Waals surface area contributed by atoms with Gasteiger partial charge in [-0.1, -0.05) is 31.2 Å². The molecule has 16 heavy (non-hydrogen) atoms. The Morgan fingerprint density at radius 1 is 1.25 bits per heavy atom. The Hall–Kier alpha value is -1.55. The zero-order valence-corrected chi connectivity index (χ0v) is 9.42. The van der Waals surface area contributed by atoms with Gasteiger partial charge in [0.05, 0.1) is 0 Å². The first kappa shape index (κ1) is 11.0. The molecule has 1 heterocycles. The summed E-state index contributed by atoms with van der Waals surface area (Å²) in [6.45, 7) is 4.03. The molecule has 1 fully saturated rings. The third kappa shape index (κ3) is 2.02. The van der Waals surface area contributed by atoms with Crippen LogP contribution in [0.15, 0.2) is 24.3 Å². The molecule has 2 amide bonds. The first-order chi connectivity index (χ1) is 7.64. The van der Waals surface area contributed by atoms with Crippen molar-refractivity contribution in [3.63, 3.8) is 0 Å². The fourth-order valence-corrected chi connectivity index (χ4v) is 1.92. The van der Waals surface area contributed by atoms with Crippen LogP contribution in [0, 0.1) is 0 Å². The summed E-state index contributed by atoms with van der Waals surface area (Å²) in [5, 5.41) is 5.65. The fourth-order valence-electron chi connectivity index (χ4n) is 1.92. The molecule has 0 unspecified atom stereocenters. The molecule has 1 aliphatic rings. The largest absolute Gasteiger partial charge is 0.337 e. The highest BCUT2D eigenvalue weighted by Gasteiger charge is 2.31. The van der Waals surface area contributed by atoms with Crippen LogP contribution >= 0.6 is 0 Å². The summed E-state index contributed by atoms with van der Waals surface area (Å²) in [5.41, 5.74) is 7.86. The second-order valence-electron chi connectivity index (χ2n) is 4.50. The molecule has 1 aromatic rings. The molecular weight excluding hydrogens is 202 g/mol. The van der Waals surface area contributed by atoms with E-state index in [2.05, 4.69) is 29.7 Å². The van der Waals surface area contributed by atoms with Gasteiger partial charge in [0.15, 0.2) is 0 Å². The molecule has 0 saturated carbocycles. The number of carbonyl (C=O) groups excluding carboxylic acids is 1. The van der Waals surface area contributed by atoms with E-state index in [-0.39, 0.29) is 11.4 Å². The van der Waals surface area contributed by atoms with Gasteiger partial charge in [-0.2, -0.15) is 0 Å². The fraction of sp³-hybridized carbons (Fsp3) is 0.417. The average molecular weight is 219 g/mol. The Kier molecular flexibility index (Phi) is 2.83. The molecular formula is C12H17N3O. The lowest BCUT2D eigenvalue weighted by Crippen LogP contribution is -2.55. The second-order valence-corrected chi connectivity index (χ2v) is 4.50. The van der Waals surface area contributed by atoms with Gasteiger partial charge in [0, 0.05) is 25.0 Å². The lowest BCUT2D eigenvalue weighted by molar-refractivity contribution is 0.225. The van der Waals surface area contributed by atoms with Crippen LogP contribution < -0.4 is 16.4 Å². The number of carbonyl (C=O) groups is 1. The minimum Gasteiger partial charge on any atom is -0.337 e. The van der Waals surface area contributed by atoms with Crippen LogP contribution in [0.3, 0.4) is 0 Å². The van der Waals surface area contributed by atoms with Crippen molar-refractivity contribution in [3.05, 3.63) is 35.4 Å². The number of nitrogens with one attached hydrogen (secondary N) is 2. The highest BCUT2D eigenvalue weighted by atomic mass is 16.2. The summed E-state index contributed by atoms with van der Waals surface area (Å²) < 4.78 is 0. The Labute approximate surface area is 95.2 Å². The summed E-state index contributed by atoms with van der Waals surface area (Å²) in [7, 11) is 0. The zero-order valence-electron chi connectivity index (χ0n) is 9.42. The predicted molar refractivity (Wildman–Crippen MR) is 63.1 cm³/mol. The topological polar surface area (TPSA) is 67.1 Å². The van der Waals surface area contributed by atoms with E-state index in [1.165, 1.54) is 5.56 Å². The molecule has 0 spiro atoms. The number of hydrogen-bond donors (Lipinski definition) is 3. The van der Waals surface area contributed by atoms with Crippen LogP contribution in [0.4, 0.5) is 4.79 Å². The van der Waals surface area contributed by atoms with Crippen molar-refractivity contribution in [1.82, 2.24) is 10.6 Å². The summed E-state index contributed by atoms with van der Waals surface area (Å²) in [6, 6.07) is 8.16. The number of hydrogen-bond acceptors (Lipinski definition) is 2. The van der Waals surface area contributed by atoms with Gasteiger partial charge in [-0.25, -0.2) is 4.79 Å². The number of benzene rings is 1. The number of amides is 2. The number of nitrogens with two attached hydrogens (primary N) is 1. The normalized spacial score (nSPS) is 18.8. The molecule has 0 aliphatic carbocycles. The minimum atomic E-state index is -0.0870. The molecule has 0 aromatic heterocycles. The predicted octanol–water partition coefficient (Wildman–Crippen LogP) is 0.716. The quantitative estimate of drug-likeness (QED) is 0.686. The molecule has 0 atom stereocenters. The van der Waals surface area contributed by atoms with Crippen molar-refractivity contribution in [2.45, 2.75) is 18.9 Å². The third-order valence-corrected chi connectivity index (χ3v) is 3.16. The lowest BCUT2D eigenvalue weighted by Gasteiger charge is -2.34. The molecule has 2 rings (SSSR count). The average Bonchev–Trinajstić information content (AvgIpc) is 2.33. The SMILES string of the molecule is CC1(c2ccc(CN)cc2)CNC(=O)NC1. The van der Waals surface area contributed by atoms with Crippen LogP contribution in [0.1, 0.15) is 18.1 Å². The summed E-state index contributed by atoms with van der Waals surface area (Å²) in [5.74, 6) is 0. The van der Waals surface area contributed by atoms with E-state index in [1.54, 1.807) is 0 Å². The monoisotopic (exact) mass is 219 g/mol. The van der Waals surface area contributed by atoms with Gasteiger partial charge in [-0.3, -0.25) is 0 Å². The highest BCUT2D eigenvalue weighted by Crippen LogP contribution is 2.24. The van der Waals surface area contributed by atoms with E-state index in [9.17, 15) is 4.79 Å². The number of rotatable bonds is 2. The standard InChI is InChI=1S/C12H17N3O/c1-12(7-14-11(16)15-8-12)10-4-2-9(6-13)3-5-10/h2-5H,6-8,13H2,1H3,(H2,14,15,16). The maximum atomic E-state index is 11.0. The van der Waals surface area contributed by atoms with E-state index in [0.717, 1.165) is 5.56 Å². The van der Waals surface area contributed by atoms with Gasteiger partial charge in [-0.05, 0) is 11.1 Å². The lowest BCUT2D eigenvalue weighted by atomic mass is 9.81. The van der Waals surface area contributed by atoms with E-state index >= 15 is 0 Å². The second kappa shape index (κ2) is 4.14. The van der Waals surface area contributed by atoms with Crippen molar-refractivity contribution < 1.29 is 4.79 Å². The zero-order chi connectivity index (χ0) is 11.6. The number of urea groups is 1. The molecule has 1 aromatic carbocycles. The molecule has 0 radical (unpaired) electrons. The van der Waals surface area contributed by atoms with Crippen molar-refractivity contribution in [2.24, 2.45) is 5.73 Å². The van der Waals surface area contributed by atoms with Gasteiger partial charge in [-0.15, -0.1) is 0 Å². The smallest absolute Gasteiger partial charge is 0.314 e. The molecule has 4 heteroatoms. The molecule has 1 saturated heterocycles. The first-order valence-corrected chi connectivity index (χ1v) is 5.45. The third-order valence-electron chi connectivity index (χ3n) is 3.16. The highest BCUT2D eigenvalue weighted by molar-refractivity contribution is 5.75. The molecule has 4 nitrogen and oxygen atoms in total. The van der Waals surface area contributed by atoms with E-state index in [4.69, 9.17) is 5.73 Å². The van der Waals surface area contributed by atoms with Crippen LogP contribution in [0.5, 0.6) is 0 Å². The maximum Gasteiger partial charge on any atom is 0.314 e. The minimum absolute atomic E-state index is 0.0406. The Balaban J connectivity index is 2.19. The van der Waals surface area contributed by atoms with Gasteiger partial charge < -0.3 is 16.4 Å². The van der Waals surface area contributed by atoms with Crippen molar-refractivity contribution in [2.75, 3.05) is 13.1 Å². The van der Waals surface area contributed by atoms with Crippen LogP contribution in [0.25, 0.3) is 0 Å². The maximum absolute atomic E-state index is 11.0. The summed E-state index contributed by atoms with van der Waals surface area (Å²) in [4.78, 5) is 11.0.